The van der Waals surface area contributed by atoms with E-state index in [1.807, 2.05) is 30.3 Å². The number of carbonyl (C=O) groups is 2. The lowest BCUT2D eigenvalue weighted by Gasteiger charge is -2.09. The van der Waals surface area contributed by atoms with Crippen molar-refractivity contribution in [3.05, 3.63) is 101 Å². The molecule has 8 nitrogen and oxygen atoms in total. The molecule has 0 aliphatic carbocycles. The van der Waals surface area contributed by atoms with Gasteiger partial charge in [0.2, 0.25) is 11.7 Å². The maximum Gasteiger partial charge on any atom is 0.267 e. The number of ketones is 1. The summed E-state index contributed by atoms with van der Waals surface area (Å²) in [5.41, 5.74) is 2.05. The van der Waals surface area contributed by atoms with E-state index in [-0.39, 0.29) is 17.9 Å². The van der Waals surface area contributed by atoms with Gasteiger partial charge in [0.05, 0.1) is 5.69 Å². The van der Waals surface area contributed by atoms with Crippen LogP contribution >= 0.6 is 0 Å². The fourth-order valence-corrected chi connectivity index (χ4v) is 3.08. The molecule has 2 aromatic carbocycles. The summed E-state index contributed by atoms with van der Waals surface area (Å²) >= 11 is 0. The molecule has 1 N–H and O–H groups in total. The number of benzene rings is 2. The van der Waals surface area contributed by atoms with E-state index >= 15 is 0 Å². The van der Waals surface area contributed by atoms with Gasteiger partial charge in [-0.05, 0) is 30.3 Å². The summed E-state index contributed by atoms with van der Waals surface area (Å²) < 4.78 is 2.77. The van der Waals surface area contributed by atoms with Crippen LogP contribution in [-0.2, 0) is 18.4 Å². The minimum Gasteiger partial charge on any atom is -0.331 e. The fraction of sp³-hybridized carbons (Fsp3) is 0.0870. The van der Waals surface area contributed by atoms with Gasteiger partial charge in [0.15, 0.2) is 5.82 Å². The normalized spacial score (nSPS) is 10.6. The van der Waals surface area contributed by atoms with Crippen LogP contribution in [-0.4, -0.2) is 31.0 Å². The van der Waals surface area contributed by atoms with Gasteiger partial charge in [-0.25, -0.2) is 9.67 Å². The first-order valence-corrected chi connectivity index (χ1v) is 9.57. The monoisotopic (exact) mass is 413 g/mol. The average molecular weight is 413 g/mol. The molecule has 0 atom stereocenters. The number of aromatic nitrogens is 4. The molecule has 2 heterocycles. The molecule has 8 heteroatoms. The van der Waals surface area contributed by atoms with Crippen molar-refractivity contribution in [1.29, 1.82) is 0 Å². The Balaban J connectivity index is 1.45. The maximum atomic E-state index is 12.5. The van der Waals surface area contributed by atoms with Crippen molar-refractivity contribution in [3.63, 3.8) is 0 Å². The minimum absolute atomic E-state index is 0.209. The van der Waals surface area contributed by atoms with Crippen LogP contribution in [0.3, 0.4) is 0 Å². The summed E-state index contributed by atoms with van der Waals surface area (Å²) in [6.07, 6.45) is 3.26. The van der Waals surface area contributed by atoms with Crippen LogP contribution in [0.2, 0.25) is 0 Å². The lowest BCUT2D eigenvalue weighted by molar-refractivity contribution is -0.117. The smallest absolute Gasteiger partial charge is 0.267 e. The molecule has 0 fully saturated rings. The molecule has 1 amide bonds. The van der Waals surface area contributed by atoms with Crippen LogP contribution in [0.25, 0.3) is 11.3 Å². The third-order valence-electron chi connectivity index (χ3n) is 4.68. The van der Waals surface area contributed by atoms with Crippen molar-refractivity contribution >= 4 is 17.4 Å². The molecule has 154 valence electrons. The molecular formula is C23H19N5O3. The van der Waals surface area contributed by atoms with Gasteiger partial charge in [0, 0.05) is 42.3 Å². The van der Waals surface area contributed by atoms with Gasteiger partial charge in [-0.1, -0.05) is 30.3 Å². The molecule has 0 bridgehead atoms. The van der Waals surface area contributed by atoms with E-state index in [2.05, 4.69) is 15.4 Å². The van der Waals surface area contributed by atoms with Crippen LogP contribution in [0.4, 0.5) is 5.69 Å². The number of anilines is 1. The summed E-state index contributed by atoms with van der Waals surface area (Å²) in [5.74, 6) is -0.276. The van der Waals surface area contributed by atoms with Crippen LogP contribution in [0.5, 0.6) is 0 Å². The molecule has 0 unspecified atom stereocenters. The van der Waals surface area contributed by atoms with Gasteiger partial charge >= 0.3 is 0 Å². The molecule has 0 radical (unpaired) electrons. The number of amides is 1. The molecule has 0 aliphatic heterocycles. The van der Waals surface area contributed by atoms with E-state index < -0.39 is 5.91 Å². The molecule has 0 spiro atoms. The standard InChI is InChI=1S/C23H19N5O3/c1-27-14-13-24-23(27)22(31)17-7-9-18(10-8-17)25-20(29)15-28-21(30)12-11-19(26-28)16-5-3-2-4-6-16/h2-14H,15H2,1H3,(H,25,29). The highest BCUT2D eigenvalue weighted by Crippen LogP contribution is 2.15. The molecule has 4 aromatic rings. The summed E-state index contributed by atoms with van der Waals surface area (Å²) in [4.78, 5) is 41.1. The Kier molecular flexibility index (Phi) is 5.53. The number of hydrogen-bond acceptors (Lipinski definition) is 5. The lowest BCUT2D eigenvalue weighted by Crippen LogP contribution is -2.29. The Hall–Kier alpha value is -4.33. The fourth-order valence-electron chi connectivity index (χ4n) is 3.08. The van der Waals surface area contributed by atoms with Crippen LogP contribution in [0, 0.1) is 0 Å². The first-order valence-electron chi connectivity index (χ1n) is 9.57. The van der Waals surface area contributed by atoms with Gasteiger partial charge in [-0.2, -0.15) is 5.10 Å². The summed E-state index contributed by atoms with van der Waals surface area (Å²) in [6.45, 7) is -0.229. The number of carbonyl (C=O) groups excluding carboxylic acids is 2. The van der Waals surface area contributed by atoms with Gasteiger partial charge < -0.3 is 9.88 Å². The zero-order valence-electron chi connectivity index (χ0n) is 16.7. The van der Waals surface area contributed by atoms with Gasteiger partial charge in [0.25, 0.3) is 5.56 Å². The zero-order chi connectivity index (χ0) is 21.8. The highest BCUT2D eigenvalue weighted by Gasteiger charge is 2.14. The summed E-state index contributed by atoms with van der Waals surface area (Å²) in [7, 11) is 1.75. The quantitative estimate of drug-likeness (QED) is 0.490. The topological polar surface area (TPSA) is 98.9 Å². The van der Waals surface area contributed by atoms with Gasteiger partial charge in [-0.15, -0.1) is 0 Å². The second-order valence-corrected chi connectivity index (χ2v) is 6.90. The molecule has 4 rings (SSSR count). The first kappa shape index (κ1) is 20.0. The highest BCUT2D eigenvalue weighted by molar-refractivity contribution is 6.07. The largest absolute Gasteiger partial charge is 0.331 e. The highest BCUT2D eigenvalue weighted by atomic mass is 16.2. The Bertz CT molecular complexity index is 1290. The Morgan fingerprint density at radius 1 is 0.968 bits per heavy atom. The Morgan fingerprint density at radius 2 is 1.71 bits per heavy atom. The van der Waals surface area contributed by atoms with E-state index in [1.165, 1.54) is 6.07 Å². The lowest BCUT2D eigenvalue weighted by atomic mass is 10.1. The predicted octanol–water partition coefficient (Wildman–Crippen LogP) is 2.51. The predicted molar refractivity (Wildman–Crippen MR) is 116 cm³/mol. The maximum absolute atomic E-state index is 12.5. The molecule has 0 aliphatic rings. The SMILES string of the molecule is Cn1ccnc1C(=O)c1ccc(NC(=O)Cn2nc(-c3ccccc3)ccc2=O)cc1. The number of imidazole rings is 1. The summed E-state index contributed by atoms with van der Waals surface area (Å²) in [6, 6.07) is 18.9. The Morgan fingerprint density at radius 3 is 2.39 bits per heavy atom. The Labute approximate surface area is 177 Å². The first-order chi connectivity index (χ1) is 15.0. The number of nitrogens with one attached hydrogen (secondary N) is 1. The zero-order valence-corrected chi connectivity index (χ0v) is 16.7. The van der Waals surface area contributed by atoms with Crippen molar-refractivity contribution in [3.8, 4) is 11.3 Å². The second kappa shape index (κ2) is 8.58. The molecule has 2 aromatic heterocycles. The van der Waals surface area contributed by atoms with Crippen molar-refractivity contribution in [2.45, 2.75) is 6.54 Å². The van der Waals surface area contributed by atoms with Crippen LogP contribution in [0.15, 0.2) is 83.9 Å². The van der Waals surface area contributed by atoms with Gasteiger partial charge in [-0.3, -0.25) is 14.4 Å². The second-order valence-electron chi connectivity index (χ2n) is 6.90. The van der Waals surface area contributed by atoms with E-state index in [1.54, 1.807) is 54.3 Å². The molecule has 0 saturated heterocycles. The van der Waals surface area contributed by atoms with E-state index in [0.717, 1.165) is 10.2 Å². The molecular weight excluding hydrogens is 394 g/mol. The van der Waals surface area contributed by atoms with E-state index in [9.17, 15) is 14.4 Å². The van der Waals surface area contributed by atoms with Crippen LogP contribution < -0.4 is 10.9 Å². The number of aryl methyl sites for hydroxylation is 1. The molecule has 31 heavy (non-hydrogen) atoms. The number of rotatable bonds is 6. The van der Waals surface area contributed by atoms with E-state index in [4.69, 9.17) is 0 Å². The number of nitrogens with zero attached hydrogens (tertiary/aromatic N) is 4. The van der Waals surface area contributed by atoms with Crippen molar-refractivity contribution in [2.75, 3.05) is 5.32 Å². The molecule has 0 saturated carbocycles. The van der Waals surface area contributed by atoms with Gasteiger partial charge in [0.1, 0.15) is 6.54 Å². The summed E-state index contributed by atoms with van der Waals surface area (Å²) in [5, 5.41) is 7.01. The van der Waals surface area contributed by atoms with Crippen molar-refractivity contribution < 1.29 is 9.59 Å². The average Bonchev–Trinajstić information content (AvgIpc) is 3.21. The minimum atomic E-state index is -0.400. The van der Waals surface area contributed by atoms with Crippen LogP contribution in [0.1, 0.15) is 16.2 Å². The van der Waals surface area contributed by atoms with Crippen molar-refractivity contribution in [1.82, 2.24) is 19.3 Å². The third kappa shape index (κ3) is 4.48. The number of hydrogen-bond donors (Lipinski definition) is 1. The van der Waals surface area contributed by atoms with E-state index in [0.29, 0.717) is 22.8 Å². The van der Waals surface area contributed by atoms with Crippen molar-refractivity contribution in [2.24, 2.45) is 7.05 Å². The third-order valence-corrected chi connectivity index (χ3v) is 4.68.